The Kier molecular flexibility index (Phi) is 5.33. The van der Waals surface area contributed by atoms with E-state index in [-0.39, 0.29) is 25.3 Å². The van der Waals surface area contributed by atoms with Gasteiger partial charge >= 0.3 is 6.18 Å². The molecule has 0 saturated heterocycles. The zero-order valence-electron chi connectivity index (χ0n) is 9.36. The van der Waals surface area contributed by atoms with Crippen LogP contribution in [0.2, 0.25) is 0 Å². The minimum absolute atomic E-state index is 0.0880. The maximum atomic E-state index is 13.1. The number of benzene rings is 1. The van der Waals surface area contributed by atoms with Crippen LogP contribution in [0.1, 0.15) is 6.42 Å². The van der Waals surface area contributed by atoms with E-state index in [9.17, 15) is 22.0 Å². The van der Waals surface area contributed by atoms with Gasteiger partial charge in [0.1, 0.15) is 18.2 Å². The standard InChI is InChI=1S/C11H12F5NO/c12-8-2-3-10(9(13)6-8)17-4-1-5-18-7-11(14,15)16/h2-3,6,17H,1,4-5,7H2. The van der Waals surface area contributed by atoms with Gasteiger partial charge in [0, 0.05) is 19.2 Å². The molecule has 1 rings (SSSR count). The molecule has 0 amide bonds. The van der Waals surface area contributed by atoms with Crippen molar-refractivity contribution in [3.05, 3.63) is 29.8 Å². The number of halogens is 5. The van der Waals surface area contributed by atoms with Crippen molar-refractivity contribution < 1.29 is 26.7 Å². The van der Waals surface area contributed by atoms with Gasteiger partial charge < -0.3 is 10.1 Å². The summed E-state index contributed by atoms with van der Waals surface area (Å²) in [5.74, 6) is -1.43. The summed E-state index contributed by atoms with van der Waals surface area (Å²) in [6, 6.07) is 3.04. The van der Waals surface area contributed by atoms with E-state index < -0.39 is 24.4 Å². The summed E-state index contributed by atoms with van der Waals surface area (Å²) in [6.07, 6.45) is -4.05. The number of rotatable bonds is 6. The van der Waals surface area contributed by atoms with E-state index in [1.807, 2.05) is 0 Å². The summed E-state index contributed by atoms with van der Waals surface area (Å²) in [6.45, 7) is -1.15. The fraction of sp³-hybridized carbons (Fsp3) is 0.455. The van der Waals surface area contributed by atoms with Crippen molar-refractivity contribution in [2.75, 3.05) is 25.1 Å². The first-order valence-corrected chi connectivity index (χ1v) is 5.22. The van der Waals surface area contributed by atoms with Gasteiger partial charge in [-0.1, -0.05) is 0 Å². The lowest BCUT2D eigenvalue weighted by Gasteiger charge is -2.09. The van der Waals surface area contributed by atoms with Gasteiger partial charge in [0.25, 0.3) is 0 Å². The molecule has 2 nitrogen and oxygen atoms in total. The van der Waals surface area contributed by atoms with Crippen LogP contribution in [0.3, 0.4) is 0 Å². The van der Waals surface area contributed by atoms with Gasteiger partial charge in [0.05, 0.1) is 5.69 Å². The summed E-state index contributed by atoms with van der Waals surface area (Å²) in [5.41, 5.74) is 0.104. The van der Waals surface area contributed by atoms with Gasteiger partial charge in [0.2, 0.25) is 0 Å². The minimum Gasteiger partial charge on any atom is -0.383 e. The molecule has 1 aromatic rings. The summed E-state index contributed by atoms with van der Waals surface area (Å²) in [4.78, 5) is 0. The number of nitrogens with one attached hydrogen (secondary N) is 1. The van der Waals surface area contributed by atoms with Crippen LogP contribution in [0.25, 0.3) is 0 Å². The van der Waals surface area contributed by atoms with Crippen molar-refractivity contribution in [3.63, 3.8) is 0 Å². The molecule has 1 N–H and O–H groups in total. The Balaban J connectivity index is 2.18. The highest BCUT2D eigenvalue weighted by molar-refractivity contribution is 5.44. The summed E-state index contributed by atoms with van der Waals surface area (Å²) < 4.78 is 65.1. The lowest BCUT2D eigenvalue weighted by atomic mass is 10.3. The Hall–Kier alpha value is -1.37. The minimum atomic E-state index is -4.34. The molecule has 0 radical (unpaired) electrons. The van der Waals surface area contributed by atoms with E-state index in [0.717, 1.165) is 12.1 Å². The smallest absolute Gasteiger partial charge is 0.383 e. The zero-order chi connectivity index (χ0) is 13.6. The van der Waals surface area contributed by atoms with Crippen molar-refractivity contribution in [1.29, 1.82) is 0 Å². The summed E-state index contributed by atoms with van der Waals surface area (Å²) >= 11 is 0. The Morgan fingerprint density at radius 2 is 1.89 bits per heavy atom. The quantitative estimate of drug-likeness (QED) is 0.631. The van der Waals surface area contributed by atoms with Gasteiger partial charge in [0.15, 0.2) is 0 Å². The van der Waals surface area contributed by atoms with Crippen LogP contribution in [0, 0.1) is 11.6 Å². The second-order valence-electron chi connectivity index (χ2n) is 3.57. The Morgan fingerprint density at radius 1 is 1.17 bits per heavy atom. The number of hydrogen-bond acceptors (Lipinski definition) is 2. The third-order valence-corrected chi connectivity index (χ3v) is 1.98. The van der Waals surface area contributed by atoms with Crippen LogP contribution in [-0.4, -0.2) is 25.9 Å². The van der Waals surface area contributed by atoms with Crippen molar-refractivity contribution in [1.82, 2.24) is 0 Å². The maximum Gasteiger partial charge on any atom is 0.411 e. The van der Waals surface area contributed by atoms with Gasteiger partial charge in [-0.3, -0.25) is 0 Å². The number of alkyl halides is 3. The highest BCUT2D eigenvalue weighted by atomic mass is 19.4. The van der Waals surface area contributed by atoms with Crippen molar-refractivity contribution >= 4 is 5.69 Å². The molecule has 0 aliphatic carbocycles. The van der Waals surface area contributed by atoms with Crippen LogP contribution in [0.4, 0.5) is 27.6 Å². The van der Waals surface area contributed by atoms with E-state index in [1.54, 1.807) is 0 Å². The maximum absolute atomic E-state index is 13.1. The SMILES string of the molecule is Fc1ccc(NCCCOCC(F)(F)F)c(F)c1. The highest BCUT2D eigenvalue weighted by Gasteiger charge is 2.27. The first-order chi connectivity index (χ1) is 8.38. The average molecular weight is 269 g/mol. The lowest BCUT2D eigenvalue weighted by molar-refractivity contribution is -0.173. The highest BCUT2D eigenvalue weighted by Crippen LogP contribution is 2.15. The second kappa shape index (κ2) is 6.53. The Bertz CT molecular complexity index is 380. The molecule has 0 fully saturated rings. The van der Waals surface area contributed by atoms with Crippen LogP contribution in [0.15, 0.2) is 18.2 Å². The van der Waals surface area contributed by atoms with Crippen LogP contribution >= 0.6 is 0 Å². The molecule has 7 heteroatoms. The van der Waals surface area contributed by atoms with Crippen molar-refractivity contribution in [2.45, 2.75) is 12.6 Å². The molecule has 0 aromatic heterocycles. The molecule has 0 aliphatic heterocycles. The molecular weight excluding hydrogens is 257 g/mol. The third kappa shape index (κ3) is 5.81. The third-order valence-electron chi connectivity index (χ3n) is 1.98. The van der Waals surface area contributed by atoms with Crippen molar-refractivity contribution in [3.8, 4) is 0 Å². The molecule has 1 aromatic carbocycles. The average Bonchev–Trinajstić information content (AvgIpc) is 2.24. The van der Waals surface area contributed by atoms with Crippen molar-refractivity contribution in [2.24, 2.45) is 0 Å². The summed E-state index contributed by atoms with van der Waals surface area (Å²) in [5, 5.41) is 2.63. The van der Waals surface area contributed by atoms with E-state index in [2.05, 4.69) is 10.1 Å². The predicted octanol–water partition coefficient (Wildman–Crippen LogP) is 3.35. The molecule has 0 heterocycles. The van der Waals surface area contributed by atoms with E-state index in [4.69, 9.17) is 0 Å². The van der Waals surface area contributed by atoms with Gasteiger partial charge in [-0.25, -0.2) is 8.78 Å². The lowest BCUT2D eigenvalue weighted by Crippen LogP contribution is -2.18. The number of hydrogen-bond donors (Lipinski definition) is 1. The zero-order valence-corrected chi connectivity index (χ0v) is 9.36. The molecule has 0 unspecified atom stereocenters. The monoisotopic (exact) mass is 269 g/mol. The molecule has 0 saturated carbocycles. The van der Waals surface area contributed by atoms with Gasteiger partial charge in [-0.05, 0) is 18.6 Å². The van der Waals surface area contributed by atoms with Gasteiger partial charge in [-0.2, -0.15) is 13.2 Å². The molecule has 0 aliphatic rings. The molecule has 102 valence electrons. The molecule has 0 atom stereocenters. The second-order valence-corrected chi connectivity index (χ2v) is 3.57. The molecule has 18 heavy (non-hydrogen) atoms. The number of anilines is 1. The summed E-state index contributed by atoms with van der Waals surface area (Å²) in [7, 11) is 0. The Labute approximate surface area is 101 Å². The number of ether oxygens (including phenoxy) is 1. The first kappa shape index (κ1) is 14.7. The predicted molar refractivity (Wildman–Crippen MR) is 56.3 cm³/mol. The van der Waals surface area contributed by atoms with E-state index in [0.29, 0.717) is 0 Å². The fourth-order valence-electron chi connectivity index (χ4n) is 1.22. The fourth-order valence-corrected chi connectivity index (χ4v) is 1.22. The first-order valence-electron chi connectivity index (χ1n) is 5.22. The normalized spacial score (nSPS) is 11.6. The van der Waals surface area contributed by atoms with Crippen LogP contribution in [-0.2, 0) is 4.74 Å². The van der Waals surface area contributed by atoms with E-state index in [1.165, 1.54) is 6.07 Å². The van der Waals surface area contributed by atoms with Crippen LogP contribution < -0.4 is 5.32 Å². The molecule has 0 bridgehead atoms. The molecular formula is C11H12F5NO. The molecule has 0 spiro atoms. The largest absolute Gasteiger partial charge is 0.411 e. The topological polar surface area (TPSA) is 21.3 Å². The van der Waals surface area contributed by atoms with E-state index >= 15 is 0 Å². The van der Waals surface area contributed by atoms with Gasteiger partial charge in [-0.15, -0.1) is 0 Å². The van der Waals surface area contributed by atoms with Crippen LogP contribution in [0.5, 0.6) is 0 Å². The Morgan fingerprint density at radius 3 is 2.50 bits per heavy atom.